The molecule has 1 amide bonds. The molecule has 0 radical (unpaired) electrons. The lowest BCUT2D eigenvalue weighted by Gasteiger charge is -2.18. The summed E-state index contributed by atoms with van der Waals surface area (Å²) >= 11 is 3.26. The molecule has 0 bridgehead atoms. The van der Waals surface area contributed by atoms with E-state index in [4.69, 9.17) is 9.47 Å². The van der Waals surface area contributed by atoms with Crippen molar-refractivity contribution in [3.8, 4) is 17.2 Å². The van der Waals surface area contributed by atoms with Crippen LogP contribution in [0.1, 0.15) is 22.8 Å². The van der Waals surface area contributed by atoms with Gasteiger partial charge in [0.05, 0.1) is 11.3 Å². The molecule has 0 spiro atoms. The maximum absolute atomic E-state index is 12.1. The third-order valence-corrected chi connectivity index (χ3v) is 3.98. The molecule has 1 aliphatic heterocycles. The lowest BCUT2D eigenvalue weighted by Crippen LogP contribution is -2.20. The summed E-state index contributed by atoms with van der Waals surface area (Å²) < 4.78 is 11.7. The predicted molar refractivity (Wildman–Crippen MR) is 92.9 cm³/mol. The summed E-state index contributed by atoms with van der Waals surface area (Å²) in [5.74, 6) is 0.749. The number of halogens is 1. The van der Waals surface area contributed by atoms with Crippen molar-refractivity contribution in [3.63, 3.8) is 0 Å². The minimum absolute atomic E-state index is 0.108. The number of nitrogens with zero attached hydrogens (tertiary/aromatic N) is 1. The minimum Gasteiger partial charge on any atom is -0.507 e. The largest absolute Gasteiger partial charge is 0.507 e. The first kappa shape index (κ1) is 16.3. The molecule has 0 aromatic heterocycles. The van der Waals surface area contributed by atoms with Crippen molar-refractivity contribution in [1.82, 2.24) is 5.43 Å². The molecule has 2 aromatic carbocycles. The number of hydrazone groups is 1. The van der Waals surface area contributed by atoms with Crippen LogP contribution in [0.5, 0.6) is 17.2 Å². The number of aromatic hydroxyl groups is 1. The van der Waals surface area contributed by atoms with Gasteiger partial charge in [-0.25, -0.2) is 5.43 Å². The van der Waals surface area contributed by atoms with Crippen LogP contribution in [0.3, 0.4) is 0 Å². The summed E-state index contributed by atoms with van der Waals surface area (Å²) in [7, 11) is 0. The van der Waals surface area contributed by atoms with E-state index < -0.39 is 5.91 Å². The van der Waals surface area contributed by atoms with Gasteiger partial charge in [-0.3, -0.25) is 4.79 Å². The van der Waals surface area contributed by atoms with E-state index >= 15 is 0 Å². The van der Waals surface area contributed by atoms with Gasteiger partial charge in [0.1, 0.15) is 19.0 Å². The van der Waals surface area contributed by atoms with Crippen LogP contribution in [0.2, 0.25) is 0 Å². The van der Waals surface area contributed by atoms with E-state index in [1.54, 1.807) is 13.0 Å². The Morgan fingerprint density at radius 1 is 1.17 bits per heavy atom. The van der Waals surface area contributed by atoms with Crippen molar-refractivity contribution in [2.24, 2.45) is 5.10 Å². The first-order valence-electron chi connectivity index (χ1n) is 7.28. The van der Waals surface area contributed by atoms with Gasteiger partial charge in [-0.15, -0.1) is 0 Å². The predicted octanol–water partition coefficient (Wildman–Crippen LogP) is 3.08. The molecule has 0 unspecified atom stereocenters. The SMILES string of the molecule is CC(=NNC(=O)c1cc(Br)ccc1O)c1ccc2c(c1)OCCO2. The van der Waals surface area contributed by atoms with E-state index in [2.05, 4.69) is 26.5 Å². The van der Waals surface area contributed by atoms with Crippen LogP contribution in [0.25, 0.3) is 0 Å². The Morgan fingerprint density at radius 2 is 1.92 bits per heavy atom. The number of rotatable bonds is 3. The standard InChI is InChI=1S/C17H15BrN2O4/c1-10(11-2-5-15-16(8-11)24-7-6-23-15)19-20-17(22)13-9-12(18)3-4-14(13)21/h2-5,8-9,21H,6-7H2,1H3,(H,20,22). The highest BCUT2D eigenvalue weighted by atomic mass is 79.9. The zero-order valence-corrected chi connectivity index (χ0v) is 14.5. The van der Waals surface area contributed by atoms with Crippen molar-refractivity contribution in [1.29, 1.82) is 0 Å². The number of carbonyl (C=O) groups is 1. The van der Waals surface area contributed by atoms with Gasteiger partial charge < -0.3 is 14.6 Å². The number of benzene rings is 2. The molecule has 1 aliphatic rings. The van der Waals surface area contributed by atoms with E-state index in [-0.39, 0.29) is 11.3 Å². The highest BCUT2D eigenvalue weighted by molar-refractivity contribution is 9.10. The average Bonchev–Trinajstić information content (AvgIpc) is 2.61. The van der Waals surface area contributed by atoms with Gasteiger partial charge in [0.15, 0.2) is 11.5 Å². The Balaban J connectivity index is 1.76. The summed E-state index contributed by atoms with van der Waals surface area (Å²) in [5, 5.41) is 13.8. The monoisotopic (exact) mass is 390 g/mol. The molecule has 2 N–H and O–H groups in total. The molecule has 0 saturated carbocycles. The second-order valence-corrected chi connectivity index (χ2v) is 6.07. The highest BCUT2D eigenvalue weighted by Gasteiger charge is 2.14. The topological polar surface area (TPSA) is 80.2 Å². The first-order valence-corrected chi connectivity index (χ1v) is 8.07. The van der Waals surface area contributed by atoms with Crippen molar-refractivity contribution >= 4 is 27.5 Å². The van der Waals surface area contributed by atoms with Crippen molar-refractivity contribution in [3.05, 3.63) is 52.0 Å². The van der Waals surface area contributed by atoms with Gasteiger partial charge >= 0.3 is 0 Å². The molecular formula is C17H15BrN2O4. The zero-order valence-electron chi connectivity index (χ0n) is 12.9. The van der Waals surface area contributed by atoms with Crippen LogP contribution in [-0.4, -0.2) is 29.9 Å². The molecule has 24 heavy (non-hydrogen) atoms. The molecule has 0 saturated heterocycles. The van der Waals surface area contributed by atoms with Gasteiger partial charge in [-0.2, -0.15) is 5.10 Å². The van der Waals surface area contributed by atoms with Crippen LogP contribution < -0.4 is 14.9 Å². The molecular weight excluding hydrogens is 376 g/mol. The minimum atomic E-state index is -0.495. The molecule has 3 rings (SSSR count). The van der Waals surface area contributed by atoms with Gasteiger partial charge in [0.2, 0.25) is 0 Å². The molecule has 6 nitrogen and oxygen atoms in total. The van der Waals surface area contributed by atoms with Gasteiger partial charge in [0.25, 0.3) is 5.91 Å². The molecule has 0 atom stereocenters. The third kappa shape index (κ3) is 3.51. The van der Waals surface area contributed by atoms with Gasteiger partial charge in [-0.1, -0.05) is 15.9 Å². The number of amides is 1. The Labute approximate surface area is 147 Å². The summed E-state index contributed by atoms with van der Waals surface area (Å²) in [6.45, 7) is 2.81. The number of hydrogen-bond donors (Lipinski definition) is 2. The van der Waals surface area contributed by atoms with Crippen molar-refractivity contribution < 1.29 is 19.4 Å². The molecule has 0 fully saturated rings. The van der Waals surface area contributed by atoms with Gasteiger partial charge in [-0.05, 0) is 43.3 Å². The maximum Gasteiger partial charge on any atom is 0.275 e. The Morgan fingerprint density at radius 3 is 2.71 bits per heavy atom. The second-order valence-electron chi connectivity index (χ2n) is 5.16. The smallest absolute Gasteiger partial charge is 0.275 e. The molecule has 2 aromatic rings. The fourth-order valence-corrected chi connectivity index (χ4v) is 2.58. The number of hydrogen-bond acceptors (Lipinski definition) is 5. The Kier molecular flexibility index (Phi) is 4.71. The number of ether oxygens (including phenoxy) is 2. The van der Waals surface area contributed by atoms with E-state index in [1.165, 1.54) is 12.1 Å². The molecule has 7 heteroatoms. The van der Waals surface area contributed by atoms with Crippen LogP contribution in [0.4, 0.5) is 0 Å². The Bertz CT molecular complexity index is 820. The fourth-order valence-electron chi connectivity index (χ4n) is 2.22. The Hall–Kier alpha value is -2.54. The second kappa shape index (κ2) is 6.92. The van der Waals surface area contributed by atoms with Crippen molar-refractivity contribution in [2.75, 3.05) is 13.2 Å². The van der Waals surface area contributed by atoms with Crippen LogP contribution in [0, 0.1) is 0 Å². The van der Waals surface area contributed by atoms with Gasteiger partial charge in [0, 0.05) is 10.0 Å². The van der Waals surface area contributed by atoms with E-state index in [0.29, 0.717) is 34.9 Å². The number of phenols is 1. The van der Waals surface area contributed by atoms with Crippen LogP contribution in [0.15, 0.2) is 46.0 Å². The van der Waals surface area contributed by atoms with Crippen LogP contribution >= 0.6 is 15.9 Å². The lowest BCUT2D eigenvalue weighted by molar-refractivity contribution is 0.0952. The molecule has 124 valence electrons. The third-order valence-electron chi connectivity index (χ3n) is 3.49. The highest BCUT2D eigenvalue weighted by Crippen LogP contribution is 2.30. The molecule has 0 aliphatic carbocycles. The molecule has 1 heterocycles. The number of fused-ring (bicyclic) bond motifs is 1. The number of carbonyl (C=O) groups excluding carboxylic acids is 1. The number of nitrogens with one attached hydrogen (secondary N) is 1. The lowest BCUT2D eigenvalue weighted by atomic mass is 10.1. The van der Waals surface area contributed by atoms with E-state index in [0.717, 1.165) is 5.56 Å². The van der Waals surface area contributed by atoms with E-state index in [1.807, 2.05) is 18.2 Å². The normalized spacial score (nSPS) is 13.5. The van der Waals surface area contributed by atoms with Crippen molar-refractivity contribution in [2.45, 2.75) is 6.92 Å². The average molecular weight is 391 g/mol. The quantitative estimate of drug-likeness (QED) is 0.623. The van der Waals surface area contributed by atoms with E-state index in [9.17, 15) is 9.90 Å². The zero-order chi connectivity index (χ0) is 17.1. The summed E-state index contributed by atoms with van der Waals surface area (Å²) in [6, 6.07) is 10.1. The summed E-state index contributed by atoms with van der Waals surface area (Å²) in [6.07, 6.45) is 0. The fraction of sp³-hybridized carbons (Fsp3) is 0.176. The summed E-state index contributed by atoms with van der Waals surface area (Å²) in [5.41, 5.74) is 3.99. The first-order chi connectivity index (χ1) is 11.5. The number of phenolic OH excluding ortho intramolecular Hbond substituents is 1. The summed E-state index contributed by atoms with van der Waals surface area (Å²) in [4.78, 5) is 12.1. The van der Waals surface area contributed by atoms with Crippen LogP contribution in [-0.2, 0) is 0 Å². The maximum atomic E-state index is 12.1.